The van der Waals surface area contributed by atoms with Crippen molar-refractivity contribution < 1.29 is 14.3 Å². The van der Waals surface area contributed by atoms with Gasteiger partial charge in [-0.1, -0.05) is 13.8 Å². The summed E-state index contributed by atoms with van der Waals surface area (Å²) in [5.74, 6) is 0.364. The van der Waals surface area contributed by atoms with Crippen LogP contribution in [0.1, 0.15) is 33.6 Å². The van der Waals surface area contributed by atoms with Gasteiger partial charge in [0.05, 0.1) is 6.61 Å². The van der Waals surface area contributed by atoms with Gasteiger partial charge in [0.2, 0.25) is 0 Å². The number of rotatable bonds is 6. The number of carbonyl (C=O) groups is 1. The lowest BCUT2D eigenvalue weighted by Crippen LogP contribution is -2.46. The van der Waals surface area contributed by atoms with Crippen molar-refractivity contribution in [2.24, 2.45) is 5.92 Å². The van der Waals surface area contributed by atoms with Crippen molar-refractivity contribution in [2.45, 2.75) is 39.2 Å². The van der Waals surface area contributed by atoms with E-state index >= 15 is 0 Å². The van der Waals surface area contributed by atoms with Crippen LogP contribution in [0, 0.1) is 5.92 Å². The molecule has 0 radical (unpaired) electrons. The lowest BCUT2D eigenvalue weighted by atomic mass is 10.0. The van der Waals surface area contributed by atoms with Crippen LogP contribution in [0.5, 0.6) is 0 Å². The molecule has 1 fully saturated rings. The molecule has 1 N–H and O–H groups in total. The van der Waals surface area contributed by atoms with Crippen molar-refractivity contribution in [1.82, 2.24) is 5.32 Å². The molecular weight excluding hydrogens is 206 g/mol. The minimum absolute atomic E-state index is 0.154. The number of esters is 1. The molecule has 1 aliphatic heterocycles. The standard InChI is InChI=1S/C12H23NO3/c1-10(2)9-15-7-8-16-11(14)12(3)5-4-6-13-12/h10,13H,4-9H2,1-3H3. The Balaban J connectivity index is 2.10. The summed E-state index contributed by atoms with van der Waals surface area (Å²) in [5, 5.41) is 3.18. The van der Waals surface area contributed by atoms with E-state index in [4.69, 9.17) is 9.47 Å². The Morgan fingerprint density at radius 1 is 1.44 bits per heavy atom. The number of hydrogen-bond donors (Lipinski definition) is 1. The average Bonchev–Trinajstić information content (AvgIpc) is 2.65. The van der Waals surface area contributed by atoms with Gasteiger partial charge in [0.25, 0.3) is 0 Å². The Bertz CT molecular complexity index is 222. The molecule has 1 rings (SSSR count). The molecule has 1 atom stereocenters. The fraction of sp³-hybridized carbons (Fsp3) is 0.917. The normalized spacial score (nSPS) is 25.0. The molecular formula is C12H23NO3. The van der Waals surface area contributed by atoms with Gasteiger partial charge in [0.15, 0.2) is 0 Å². The van der Waals surface area contributed by atoms with Gasteiger partial charge in [-0.25, -0.2) is 0 Å². The highest BCUT2D eigenvalue weighted by atomic mass is 16.6. The largest absolute Gasteiger partial charge is 0.462 e. The zero-order valence-corrected chi connectivity index (χ0v) is 10.5. The summed E-state index contributed by atoms with van der Waals surface area (Å²) in [7, 11) is 0. The van der Waals surface area contributed by atoms with E-state index in [0.29, 0.717) is 25.7 Å². The molecule has 1 unspecified atom stereocenters. The highest BCUT2D eigenvalue weighted by Crippen LogP contribution is 2.19. The molecule has 0 amide bonds. The molecule has 0 aromatic rings. The smallest absolute Gasteiger partial charge is 0.326 e. The molecule has 94 valence electrons. The molecule has 4 heteroatoms. The summed E-state index contributed by atoms with van der Waals surface area (Å²) in [6.45, 7) is 8.54. The second-order valence-corrected chi connectivity index (χ2v) is 4.97. The maximum absolute atomic E-state index is 11.7. The van der Waals surface area contributed by atoms with Crippen LogP contribution in [0.3, 0.4) is 0 Å². The SMILES string of the molecule is CC(C)COCCOC(=O)C1(C)CCCN1. The van der Waals surface area contributed by atoms with Gasteiger partial charge in [0, 0.05) is 6.61 Å². The minimum atomic E-state index is -0.474. The van der Waals surface area contributed by atoms with Crippen LogP contribution in [-0.4, -0.2) is 37.9 Å². The lowest BCUT2D eigenvalue weighted by molar-refractivity contribution is -0.152. The van der Waals surface area contributed by atoms with Gasteiger partial charge in [-0.3, -0.25) is 4.79 Å². The Morgan fingerprint density at radius 3 is 2.75 bits per heavy atom. The number of carbonyl (C=O) groups excluding carboxylic acids is 1. The van der Waals surface area contributed by atoms with Gasteiger partial charge < -0.3 is 14.8 Å². The third kappa shape index (κ3) is 4.10. The minimum Gasteiger partial charge on any atom is -0.462 e. The van der Waals surface area contributed by atoms with Crippen molar-refractivity contribution in [3.8, 4) is 0 Å². The van der Waals surface area contributed by atoms with Gasteiger partial charge in [-0.05, 0) is 32.2 Å². The lowest BCUT2D eigenvalue weighted by Gasteiger charge is -2.21. The molecule has 0 aromatic carbocycles. The zero-order valence-electron chi connectivity index (χ0n) is 10.5. The summed E-state index contributed by atoms with van der Waals surface area (Å²) in [6, 6.07) is 0. The highest BCUT2D eigenvalue weighted by molar-refractivity contribution is 5.80. The number of nitrogens with one attached hydrogen (secondary N) is 1. The predicted molar refractivity (Wildman–Crippen MR) is 62.3 cm³/mol. The Labute approximate surface area is 97.7 Å². The molecule has 16 heavy (non-hydrogen) atoms. The summed E-state index contributed by atoms with van der Waals surface area (Å²) in [6.07, 6.45) is 1.90. The zero-order chi connectivity index (χ0) is 12.0. The average molecular weight is 229 g/mol. The quantitative estimate of drug-likeness (QED) is 0.551. The second-order valence-electron chi connectivity index (χ2n) is 4.97. The molecule has 1 saturated heterocycles. The van der Waals surface area contributed by atoms with Crippen LogP contribution in [0.4, 0.5) is 0 Å². The van der Waals surface area contributed by atoms with E-state index in [1.54, 1.807) is 0 Å². The summed E-state index contributed by atoms with van der Waals surface area (Å²) >= 11 is 0. The molecule has 0 saturated carbocycles. The fourth-order valence-corrected chi connectivity index (χ4v) is 1.74. The van der Waals surface area contributed by atoms with Crippen molar-refractivity contribution in [2.75, 3.05) is 26.4 Å². The first kappa shape index (κ1) is 13.5. The molecule has 0 spiro atoms. The summed E-state index contributed by atoms with van der Waals surface area (Å²) in [4.78, 5) is 11.7. The second kappa shape index (κ2) is 6.21. The van der Waals surface area contributed by atoms with Crippen LogP contribution in [0.2, 0.25) is 0 Å². The Hall–Kier alpha value is -0.610. The first-order valence-electron chi connectivity index (χ1n) is 6.04. The molecule has 4 nitrogen and oxygen atoms in total. The third-order valence-electron chi connectivity index (χ3n) is 2.73. The highest BCUT2D eigenvalue weighted by Gasteiger charge is 2.37. The first-order chi connectivity index (χ1) is 7.54. The van der Waals surface area contributed by atoms with Gasteiger partial charge >= 0.3 is 5.97 Å². The van der Waals surface area contributed by atoms with Crippen molar-refractivity contribution in [1.29, 1.82) is 0 Å². The van der Waals surface area contributed by atoms with E-state index < -0.39 is 5.54 Å². The molecule has 0 aliphatic carbocycles. The molecule has 1 heterocycles. The van der Waals surface area contributed by atoms with Crippen LogP contribution in [0.25, 0.3) is 0 Å². The van der Waals surface area contributed by atoms with Crippen LogP contribution >= 0.6 is 0 Å². The first-order valence-corrected chi connectivity index (χ1v) is 6.04. The predicted octanol–water partition coefficient (Wildman–Crippen LogP) is 1.34. The van der Waals surface area contributed by atoms with Crippen molar-refractivity contribution in [3.63, 3.8) is 0 Å². The van der Waals surface area contributed by atoms with E-state index in [-0.39, 0.29) is 5.97 Å². The van der Waals surface area contributed by atoms with Gasteiger partial charge in [-0.15, -0.1) is 0 Å². The van der Waals surface area contributed by atoms with Crippen molar-refractivity contribution in [3.05, 3.63) is 0 Å². The van der Waals surface area contributed by atoms with E-state index in [1.165, 1.54) is 0 Å². The topological polar surface area (TPSA) is 47.6 Å². The third-order valence-corrected chi connectivity index (χ3v) is 2.73. The van der Waals surface area contributed by atoms with Crippen LogP contribution < -0.4 is 5.32 Å². The molecule has 0 bridgehead atoms. The van der Waals surface area contributed by atoms with E-state index in [9.17, 15) is 4.79 Å². The fourth-order valence-electron chi connectivity index (χ4n) is 1.74. The van der Waals surface area contributed by atoms with Gasteiger partial charge in [0.1, 0.15) is 12.1 Å². The molecule has 1 aliphatic rings. The van der Waals surface area contributed by atoms with E-state index in [2.05, 4.69) is 19.2 Å². The Morgan fingerprint density at radius 2 is 2.19 bits per heavy atom. The Kier molecular flexibility index (Phi) is 5.22. The maximum Gasteiger partial charge on any atom is 0.326 e. The number of ether oxygens (including phenoxy) is 2. The maximum atomic E-state index is 11.7. The van der Waals surface area contributed by atoms with Crippen LogP contribution in [-0.2, 0) is 14.3 Å². The van der Waals surface area contributed by atoms with Crippen molar-refractivity contribution >= 4 is 5.97 Å². The number of hydrogen-bond acceptors (Lipinski definition) is 4. The monoisotopic (exact) mass is 229 g/mol. The molecule has 0 aromatic heterocycles. The van der Waals surface area contributed by atoms with E-state index in [1.807, 2.05) is 6.92 Å². The van der Waals surface area contributed by atoms with Crippen LogP contribution in [0.15, 0.2) is 0 Å². The summed E-state index contributed by atoms with van der Waals surface area (Å²) < 4.78 is 10.5. The van der Waals surface area contributed by atoms with Gasteiger partial charge in [-0.2, -0.15) is 0 Å². The summed E-state index contributed by atoms with van der Waals surface area (Å²) in [5.41, 5.74) is -0.474. The van der Waals surface area contributed by atoms with E-state index in [0.717, 1.165) is 19.4 Å².